The molecule has 2 aliphatic rings. The summed E-state index contributed by atoms with van der Waals surface area (Å²) >= 11 is 0. The van der Waals surface area contributed by atoms with Crippen molar-refractivity contribution in [3.8, 4) is 0 Å². The Labute approximate surface area is 209 Å². The van der Waals surface area contributed by atoms with Crippen molar-refractivity contribution in [2.75, 3.05) is 39.5 Å². The van der Waals surface area contributed by atoms with Gasteiger partial charge >= 0.3 is 0 Å². The van der Waals surface area contributed by atoms with Gasteiger partial charge in [0.1, 0.15) is 24.1 Å². The molecule has 2 saturated heterocycles. The van der Waals surface area contributed by atoms with Gasteiger partial charge in [0.2, 0.25) is 0 Å². The zero-order valence-corrected chi connectivity index (χ0v) is 21.4. The van der Waals surface area contributed by atoms with E-state index < -0.39 is 48.3 Å². The van der Waals surface area contributed by atoms with Gasteiger partial charge < -0.3 is 30.1 Å². The highest BCUT2D eigenvalue weighted by atomic mass is 19.3. The average Bonchev–Trinajstić information content (AvgIpc) is 3.43. The third-order valence-corrected chi connectivity index (χ3v) is 7.08. The van der Waals surface area contributed by atoms with Gasteiger partial charge in [-0.3, -0.25) is 4.79 Å². The minimum Gasteiger partial charge on any atom is -0.382 e. The van der Waals surface area contributed by atoms with E-state index in [1.807, 2.05) is 32.0 Å². The van der Waals surface area contributed by atoms with Crippen LogP contribution in [0.1, 0.15) is 45.4 Å². The predicted octanol–water partition coefficient (Wildman–Crippen LogP) is 1.94. The number of fused-ring (bicyclic) bond motifs is 1. The Kier molecular flexibility index (Phi) is 7.26. The minimum atomic E-state index is -2.96. The number of nitrogen functional groups attached to an aromatic ring is 1. The van der Waals surface area contributed by atoms with Crippen molar-refractivity contribution in [2.45, 2.75) is 63.6 Å². The molecule has 12 heteroatoms. The number of halogens is 2. The Morgan fingerprint density at radius 1 is 1.39 bits per heavy atom. The topological polar surface area (TPSA) is 118 Å². The summed E-state index contributed by atoms with van der Waals surface area (Å²) in [5.41, 5.74) is 7.25. The largest absolute Gasteiger partial charge is 0.382 e. The second-order valence-corrected chi connectivity index (χ2v) is 10.7. The Hall–Kier alpha value is -2.41. The molecule has 0 spiro atoms. The first kappa shape index (κ1) is 26.6. The van der Waals surface area contributed by atoms with Crippen molar-refractivity contribution in [3.63, 3.8) is 0 Å². The molecule has 2 aromatic heterocycles. The monoisotopic (exact) mass is 510 g/mol. The van der Waals surface area contributed by atoms with Crippen LogP contribution in [0.3, 0.4) is 0 Å². The maximum atomic E-state index is 14.5. The van der Waals surface area contributed by atoms with E-state index in [2.05, 4.69) is 10.1 Å². The van der Waals surface area contributed by atoms with Crippen molar-refractivity contribution < 1.29 is 28.2 Å². The molecule has 10 nitrogen and oxygen atoms in total. The van der Waals surface area contributed by atoms with Crippen LogP contribution in [0.4, 0.5) is 14.6 Å². The van der Waals surface area contributed by atoms with Gasteiger partial charge in [0.05, 0.1) is 18.8 Å². The van der Waals surface area contributed by atoms with Gasteiger partial charge in [-0.2, -0.15) is 5.10 Å². The summed E-state index contributed by atoms with van der Waals surface area (Å²) in [6, 6.07) is 2.99. The van der Waals surface area contributed by atoms with E-state index in [0.717, 1.165) is 0 Å². The lowest BCUT2D eigenvalue weighted by Gasteiger charge is -2.30. The number of nitrogens with zero attached hydrogens (tertiary/aromatic N) is 5. The number of aliphatic hydroxyl groups is 1. The van der Waals surface area contributed by atoms with E-state index in [4.69, 9.17) is 15.2 Å². The number of carbonyl (C=O) groups excluding carboxylic acids is 1. The van der Waals surface area contributed by atoms with E-state index in [-0.39, 0.29) is 18.9 Å². The number of anilines is 1. The fourth-order valence-corrected chi connectivity index (χ4v) is 5.18. The molecule has 0 bridgehead atoms. The molecule has 0 aliphatic carbocycles. The summed E-state index contributed by atoms with van der Waals surface area (Å²) in [4.78, 5) is 21.0. The van der Waals surface area contributed by atoms with Gasteiger partial charge in [-0.25, -0.2) is 18.3 Å². The van der Waals surface area contributed by atoms with Crippen LogP contribution in [-0.2, 0) is 14.3 Å². The zero-order valence-electron chi connectivity index (χ0n) is 21.4. The summed E-state index contributed by atoms with van der Waals surface area (Å²) < 4.78 is 42.5. The minimum absolute atomic E-state index is 0.0185. The molecule has 4 rings (SSSR count). The molecule has 0 saturated carbocycles. The van der Waals surface area contributed by atoms with E-state index >= 15 is 0 Å². The predicted molar refractivity (Wildman–Crippen MR) is 128 cm³/mol. The number of hydrogen-bond acceptors (Lipinski definition) is 8. The second kappa shape index (κ2) is 9.81. The van der Waals surface area contributed by atoms with Gasteiger partial charge in [0, 0.05) is 18.4 Å². The van der Waals surface area contributed by atoms with Crippen LogP contribution in [0.25, 0.3) is 5.52 Å². The highest BCUT2D eigenvalue weighted by Crippen LogP contribution is 2.45. The fourth-order valence-electron chi connectivity index (χ4n) is 5.18. The third-order valence-electron chi connectivity index (χ3n) is 7.08. The van der Waals surface area contributed by atoms with E-state index in [1.165, 1.54) is 25.1 Å². The molecule has 2 fully saturated rings. The van der Waals surface area contributed by atoms with Crippen LogP contribution in [0.2, 0.25) is 0 Å². The van der Waals surface area contributed by atoms with E-state index in [0.29, 0.717) is 30.0 Å². The van der Waals surface area contributed by atoms with Crippen LogP contribution in [0.5, 0.6) is 0 Å². The molecule has 0 radical (unpaired) electrons. The maximum Gasteiger partial charge on any atom is 0.267 e. The normalized spacial score (nSPS) is 28.5. The summed E-state index contributed by atoms with van der Waals surface area (Å²) in [7, 11) is 3.74. The molecule has 1 amide bonds. The Morgan fingerprint density at radius 2 is 2.11 bits per heavy atom. The molecule has 200 valence electrons. The van der Waals surface area contributed by atoms with Gasteiger partial charge in [0.15, 0.2) is 11.6 Å². The van der Waals surface area contributed by atoms with Gasteiger partial charge in [-0.05, 0) is 59.0 Å². The average molecular weight is 511 g/mol. The molecular formula is C24H36F2N6O4. The number of alkyl halides is 2. The molecular weight excluding hydrogens is 474 g/mol. The smallest absolute Gasteiger partial charge is 0.267 e. The third kappa shape index (κ3) is 5.46. The van der Waals surface area contributed by atoms with Crippen LogP contribution >= 0.6 is 0 Å². The molecule has 3 N–H and O–H groups in total. The Balaban J connectivity index is 1.64. The van der Waals surface area contributed by atoms with Crippen LogP contribution in [0.15, 0.2) is 18.5 Å². The Bertz CT molecular complexity index is 1090. The highest BCUT2D eigenvalue weighted by Gasteiger charge is 2.53. The summed E-state index contributed by atoms with van der Waals surface area (Å²) in [5.74, 6) is -5.30. The molecule has 4 heterocycles. The number of nitrogens with two attached hydrogens (primary N) is 1. The van der Waals surface area contributed by atoms with E-state index in [9.17, 15) is 18.7 Å². The SMILES string of the molecule is C[C@@H]1[C@H](COC(C)(C)O)[C@@H](C(=O)N2CC(F)(F)CC2CCN(C)C)O[C@H]1c1ccc2c(N)ncnn12. The standard InChI is InChI=1S/C24H36F2N6O4/c1-14-16(11-35-23(2,3)34)20(22(33)31-12-24(25,26)10-15(31)8-9-30(4)5)36-19(14)17-6-7-18-21(27)28-13-29-32(17)18/h6-7,13-16,19-20,34H,8-12H2,1-5H3,(H2,27,28,29)/t14-,15?,16+,19-,20+/m1/s1. The number of carbonyl (C=O) groups is 1. The summed E-state index contributed by atoms with van der Waals surface area (Å²) in [6.45, 7) is 4.88. The first-order valence-electron chi connectivity index (χ1n) is 12.2. The number of aromatic nitrogens is 3. The molecule has 36 heavy (non-hydrogen) atoms. The van der Waals surface area contributed by atoms with Crippen molar-refractivity contribution in [3.05, 3.63) is 24.2 Å². The summed E-state index contributed by atoms with van der Waals surface area (Å²) in [5, 5.41) is 14.4. The quantitative estimate of drug-likeness (QED) is 0.518. The molecule has 0 aromatic carbocycles. The van der Waals surface area contributed by atoms with Crippen molar-refractivity contribution in [1.29, 1.82) is 0 Å². The first-order chi connectivity index (χ1) is 16.8. The zero-order chi connectivity index (χ0) is 26.4. The number of rotatable bonds is 8. The number of ether oxygens (including phenoxy) is 2. The highest BCUT2D eigenvalue weighted by molar-refractivity contribution is 5.82. The van der Waals surface area contributed by atoms with Gasteiger partial charge in [-0.15, -0.1) is 0 Å². The number of amides is 1. The first-order valence-corrected chi connectivity index (χ1v) is 12.2. The van der Waals surface area contributed by atoms with Crippen molar-refractivity contribution in [2.24, 2.45) is 11.8 Å². The lowest BCUT2D eigenvalue weighted by atomic mass is 9.87. The van der Waals surface area contributed by atoms with Crippen molar-refractivity contribution >= 4 is 17.2 Å². The molecule has 5 atom stereocenters. The molecule has 2 aliphatic heterocycles. The van der Waals surface area contributed by atoms with Gasteiger partial charge in [0.25, 0.3) is 11.8 Å². The fraction of sp³-hybridized carbons (Fsp3) is 0.708. The number of likely N-dealkylation sites (tertiary alicyclic amines) is 1. The lowest BCUT2D eigenvalue weighted by molar-refractivity contribution is -0.189. The lowest BCUT2D eigenvalue weighted by Crippen LogP contribution is -2.47. The van der Waals surface area contributed by atoms with Crippen LogP contribution in [-0.4, -0.2) is 93.1 Å². The van der Waals surface area contributed by atoms with Crippen LogP contribution in [0, 0.1) is 11.8 Å². The number of hydrogen-bond donors (Lipinski definition) is 2. The van der Waals surface area contributed by atoms with E-state index in [1.54, 1.807) is 10.6 Å². The van der Waals surface area contributed by atoms with Gasteiger partial charge in [-0.1, -0.05) is 6.92 Å². The second-order valence-electron chi connectivity index (χ2n) is 10.7. The maximum absolute atomic E-state index is 14.5. The molecule has 1 unspecified atom stereocenters. The Morgan fingerprint density at radius 3 is 2.78 bits per heavy atom. The molecule has 2 aromatic rings. The van der Waals surface area contributed by atoms with Crippen LogP contribution < -0.4 is 5.73 Å². The summed E-state index contributed by atoms with van der Waals surface area (Å²) in [6.07, 6.45) is -0.195. The van der Waals surface area contributed by atoms with Crippen molar-refractivity contribution in [1.82, 2.24) is 24.4 Å².